The fourth-order valence-corrected chi connectivity index (χ4v) is 4.07. The average Bonchev–Trinajstić information content (AvgIpc) is 3.62. The number of nitrogens with zero attached hydrogens (tertiary/aromatic N) is 2. The highest BCUT2D eigenvalue weighted by Crippen LogP contribution is 2.21. The molecule has 2 aliphatic rings. The van der Waals surface area contributed by atoms with Crippen molar-refractivity contribution in [1.29, 1.82) is 0 Å². The molecule has 0 saturated carbocycles. The number of benzene rings is 3. The van der Waals surface area contributed by atoms with Gasteiger partial charge in [0.15, 0.2) is 0 Å². The minimum Gasteiger partial charge on any atom is -0.368 e. The number of anilines is 4. The summed E-state index contributed by atoms with van der Waals surface area (Å²) < 4.78 is 0. The molecule has 0 bridgehead atoms. The number of carbonyl (C=O) groups excluding carboxylic acids is 2. The molecule has 4 amide bonds. The number of hydrogen-bond acceptors (Lipinski definition) is 6. The van der Waals surface area contributed by atoms with Gasteiger partial charge in [-0.25, -0.2) is 9.59 Å². The molecule has 6 N–H and O–H groups in total. The number of carbonyl (C=O) groups is 2. The van der Waals surface area contributed by atoms with E-state index in [0.717, 1.165) is 54.5 Å². The normalized spacial score (nSPS) is 14.1. The number of urea groups is 2. The van der Waals surface area contributed by atoms with Crippen molar-refractivity contribution in [1.82, 2.24) is 10.6 Å². The second-order valence-corrected chi connectivity index (χ2v) is 8.66. The molecule has 37 heavy (non-hydrogen) atoms. The molecular formula is C27H28N8O2. The lowest BCUT2D eigenvalue weighted by molar-refractivity contribution is 0.261. The van der Waals surface area contributed by atoms with Gasteiger partial charge in [-0.1, -0.05) is 0 Å². The van der Waals surface area contributed by atoms with E-state index in [1.165, 1.54) is 0 Å². The van der Waals surface area contributed by atoms with Crippen LogP contribution in [0.3, 0.4) is 0 Å². The molecule has 0 atom stereocenters. The Kier molecular flexibility index (Phi) is 6.98. The first kappa shape index (κ1) is 23.9. The third kappa shape index (κ3) is 6.04. The van der Waals surface area contributed by atoms with E-state index < -0.39 is 0 Å². The summed E-state index contributed by atoms with van der Waals surface area (Å²) >= 11 is 0. The van der Waals surface area contributed by atoms with Crippen LogP contribution in [0.1, 0.15) is 16.7 Å². The molecule has 0 saturated heterocycles. The monoisotopic (exact) mass is 496 g/mol. The predicted octanol–water partition coefficient (Wildman–Crippen LogP) is 3.98. The number of aliphatic imine (C=N–C) groups is 2. The summed E-state index contributed by atoms with van der Waals surface area (Å²) in [4.78, 5) is 33.7. The van der Waals surface area contributed by atoms with Crippen LogP contribution >= 0.6 is 0 Å². The van der Waals surface area contributed by atoms with Crippen molar-refractivity contribution in [3.05, 3.63) is 83.4 Å². The highest BCUT2D eigenvalue weighted by atomic mass is 16.2. The predicted molar refractivity (Wildman–Crippen MR) is 148 cm³/mol. The number of rotatable bonds is 6. The van der Waals surface area contributed by atoms with Crippen LogP contribution < -0.4 is 31.9 Å². The molecule has 3 aromatic carbocycles. The number of nitrogens with one attached hydrogen (secondary N) is 6. The first-order valence-electron chi connectivity index (χ1n) is 12.1. The van der Waals surface area contributed by atoms with Gasteiger partial charge in [0.25, 0.3) is 0 Å². The number of amidine groups is 2. The van der Waals surface area contributed by atoms with Crippen molar-refractivity contribution < 1.29 is 9.59 Å². The van der Waals surface area contributed by atoms with Gasteiger partial charge in [0, 0.05) is 47.0 Å². The Morgan fingerprint density at radius 2 is 1.11 bits per heavy atom. The molecule has 0 spiro atoms. The van der Waals surface area contributed by atoms with Crippen molar-refractivity contribution in [3.8, 4) is 0 Å². The molecular weight excluding hydrogens is 468 g/mol. The smallest absolute Gasteiger partial charge is 0.323 e. The molecule has 10 heteroatoms. The standard InChI is InChI=1S/C27H28N8O2/c1-17-16-22(34-26(36)32-20-6-2-18(3-7-20)24-28-12-13-29-24)10-11-23(17)35-27(37)33-21-8-4-19(5-9-21)25-30-14-15-31-25/h2-11,16H,12-15H2,1H3,(H,28,29)(H,30,31)(H2,32,34,36)(H2,33,35,37). The van der Waals surface area contributed by atoms with Gasteiger partial charge in [-0.2, -0.15) is 0 Å². The van der Waals surface area contributed by atoms with Gasteiger partial charge in [0.05, 0.1) is 13.1 Å². The Balaban J connectivity index is 1.13. The Morgan fingerprint density at radius 3 is 1.57 bits per heavy atom. The van der Waals surface area contributed by atoms with E-state index in [0.29, 0.717) is 22.7 Å². The maximum atomic E-state index is 12.5. The van der Waals surface area contributed by atoms with Gasteiger partial charge in [0.1, 0.15) is 11.7 Å². The first-order chi connectivity index (χ1) is 18.0. The van der Waals surface area contributed by atoms with Crippen molar-refractivity contribution >= 4 is 46.5 Å². The minimum atomic E-state index is -0.357. The summed E-state index contributed by atoms with van der Waals surface area (Å²) in [7, 11) is 0. The van der Waals surface area contributed by atoms with Gasteiger partial charge < -0.3 is 31.9 Å². The SMILES string of the molecule is Cc1cc(NC(=O)Nc2ccc(C3=NCCN3)cc2)ccc1NC(=O)Nc1ccc(C2=NCCN2)cc1. The molecule has 10 nitrogen and oxygen atoms in total. The molecule has 3 aromatic rings. The molecule has 0 aromatic heterocycles. The Hall–Kier alpha value is -4.86. The van der Waals surface area contributed by atoms with Crippen molar-refractivity contribution in [3.63, 3.8) is 0 Å². The van der Waals surface area contributed by atoms with Crippen molar-refractivity contribution in [2.45, 2.75) is 6.92 Å². The fourth-order valence-electron chi connectivity index (χ4n) is 4.07. The minimum absolute atomic E-state index is 0.354. The molecule has 0 aliphatic carbocycles. The van der Waals surface area contributed by atoms with E-state index in [1.807, 2.05) is 55.5 Å². The summed E-state index contributed by atoms with van der Waals surface area (Å²) in [5.41, 5.74) is 5.38. The van der Waals surface area contributed by atoms with E-state index in [9.17, 15) is 9.59 Å². The van der Waals surface area contributed by atoms with Crippen LogP contribution in [-0.4, -0.2) is 49.9 Å². The van der Waals surface area contributed by atoms with E-state index in [4.69, 9.17) is 0 Å². The first-order valence-corrected chi connectivity index (χ1v) is 12.1. The third-order valence-electron chi connectivity index (χ3n) is 5.91. The summed E-state index contributed by atoms with van der Waals surface area (Å²) in [6.45, 7) is 5.11. The third-order valence-corrected chi connectivity index (χ3v) is 5.91. The van der Waals surface area contributed by atoms with Gasteiger partial charge in [0.2, 0.25) is 0 Å². The Morgan fingerprint density at radius 1 is 0.649 bits per heavy atom. The second-order valence-electron chi connectivity index (χ2n) is 8.66. The summed E-state index contributed by atoms with van der Waals surface area (Å²) in [5.74, 6) is 1.75. The van der Waals surface area contributed by atoms with Crippen LogP contribution in [-0.2, 0) is 0 Å². The van der Waals surface area contributed by atoms with Crippen LogP contribution in [0.15, 0.2) is 76.7 Å². The maximum absolute atomic E-state index is 12.5. The fraction of sp³-hybridized carbons (Fsp3) is 0.185. The van der Waals surface area contributed by atoms with Crippen molar-refractivity contribution in [2.24, 2.45) is 9.98 Å². The van der Waals surface area contributed by atoms with Crippen molar-refractivity contribution in [2.75, 3.05) is 47.4 Å². The summed E-state index contributed by atoms with van der Waals surface area (Å²) in [5, 5.41) is 17.8. The van der Waals surface area contributed by atoms with Crippen LogP contribution in [0, 0.1) is 6.92 Å². The summed E-state index contributed by atoms with van der Waals surface area (Å²) in [6, 6.07) is 19.6. The molecule has 0 fully saturated rings. The molecule has 2 heterocycles. The van der Waals surface area contributed by atoms with E-state index in [2.05, 4.69) is 41.9 Å². The van der Waals surface area contributed by atoms with Crippen LogP contribution in [0.5, 0.6) is 0 Å². The highest BCUT2D eigenvalue weighted by molar-refractivity contribution is 6.04. The lowest BCUT2D eigenvalue weighted by atomic mass is 10.1. The summed E-state index contributed by atoms with van der Waals surface area (Å²) in [6.07, 6.45) is 0. The van der Waals surface area contributed by atoms with Gasteiger partial charge in [-0.05, 0) is 79.2 Å². The Labute approximate surface area is 214 Å². The molecule has 0 radical (unpaired) electrons. The largest absolute Gasteiger partial charge is 0.368 e. The lowest BCUT2D eigenvalue weighted by Crippen LogP contribution is -2.21. The average molecular weight is 497 g/mol. The molecule has 0 unspecified atom stereocenters. The molecule has 188 valence electrons. The van der Waals surface area contributed by atoms with Gasteiger partial charge in [-0.15, -0.1) is 0 Å². The van der Waals surface area contributed by atoms with Crippen LogP contribution in [0.2, 0.25) is 0 Å². The van der Waals surface area contributed by atoms with E-state index in [-0.39, 0.29) is 12.1 Å². The second kappa shape index (κ2) is 10.8. The zero-order valence-electron chi connectivity index (χ0n) is 20.4. The lowest BCUT2D eigenvalue weighted by Gasteiger charge is -2.13. The highest BCUT2D eigenvalue weighted by Gasteiger charge is 2.11. The Bertz CT molecular complexity index is 1360. The number of amides is 4. The maximum Gasteiger partial charge on any atom is 0.323 e. The topological polar surface area (TPSA) is 131 Å². The number of aryl methyl sites for hydroxylation is 1. The van der Waals surface area contributed by atoms with Gasteiger partial charge >= 0.3 is 12.1 Å². The zero-order valence-corrected chi connectivity index (χ0v) is 20.4. The molecule has 5 rings (SSSR count). The van der Waals surface area contributed by atoms with E-state index >= 15 is 0 Å². The van der Waals surface area contributed by atoms with Gasteiger partial charge in [-0.3, -0.25) is 9.98 Å². The van der Waals surface area contributed by atoms with Crippen LogP contribution in [0.4, 0.5) is 32.3 Å². The quantitative estimate of drug-likeness (QED) is 0.308. The van der Waals surface area contributed by atoms with Crippen LogP contribution in [0.25, 0.3) is 0 Å². The number of hydrogen-bond donors (Lipinski definition) is 6. The molecule has 2 aliphatic heterocycles. The zero-order chi connectivity index (χ0) is 25.6. The van der Waals surface area contributed by atoms with E-state index in [1.54, 1.807) is 18.2 Å².